The van der Waals surface area contributed by atoms with E-state index in [1.807, 2.05) is 0 Å². The molecule has 2 saturated heterocycles. The minimum atomic E-state index is -1.83. The Labute approximate surface area is 201 Å². The number of halogens is 2. The quantitative estimate of drug-likeness (QED) is 0.144. The van der Waals surface area contributed by atoms with E-state index in [1.165, 1.54) is 0 Å². The summed E-state index contributed by atoms with van der Waals surface area (Å²) in [5.41, 5.74) is -1.30. The fraction of sp³-hybridized carbons (Fsp3) is 0.667. The molecule has 10 atom stereocenters. The highest BCUT2D eigenvalue weighted by Crippen LogP contribution is 2.31. The van der Waals surface area contributed by atoms with Crippen LogP contribution >= 0.6 is 23.2 Å². The van der Waals surface area contributed by atoms with Gasteiger partial charge in [0.1, 0.15) is 70.2 Å². The summed E-state index contributed by atoms with van der Waals surface area (Å²) in [4.78, 5) is 25.6. The van der Waals surface area contributed by atoms with E-state index in [9.17, 15) is 40.2 Å². The maximum atomic E-state index is 12.8. The maximum Gasteiger partial charge on any atom is 0.224 e. The Balaban J connectivity index is 1.81. The predicted molar refractivity (Wildman–Crippen MR) is 110 cm³/mol. The largest absolute Gasteiger partial charge is 0.394 e. The van der Waals surface area contributed by atoms with Gasteiger partial charge in [0.05, 0.1) is 13.2 Å². The van der Waals surface area contributed by atoms with Crippen LogP contribution in [0.1, 0.15) is 0 Å². The molecular weight excluding hydrogens is 507 g/mol. The second-order valence-electron chi connectivity index (χ2n) is 7.83. The van der Waals surface area contributed by atoms with Gasteiger partial charge in [-0.15, -0.1) is 0 Å². The summed E-state index contributed by atoms with van der Waals surface area (Å²) in [5.74, 6) is -2.19. The van der Waals surface area contributed by atoms with Crippen molar-refractivity contribution in [3.05, 3.63) is 21.5 Å². The Bertz CT molecular complexity index is 815. The highest BCUT2D eigenvalue weighted by Gasteiger charge is 2.48. The maximum absolute atomic E-state index is 12.8. The van der Waals surface area contributed by atoms with E-state index < -0.39 is 108 Å². The highest BCUT2D eigenvalue weighted by atomic mass is 35.5. The molecule has 0 aromatic heterocycles. The SMILES string of the molecule is O=C1C(Cl)=C(N[C@H]2[C@@H](O)[C@H](O)[C@H](CO)O[C@H]2O)C(=O)C(Cl)=C1N[C@@H]1[C@H](O)[C@H](O)[C@H](CO)O[C@@H]1O. The summed E-state index contributed by atoms with van der Waals surface area (Å²) in [6, 6.07) is -3.11. The molecule has 0 amide bonds. The number of carbonyl (C=O) groups excluding carboxylic acids is 2. The van der Waals surface area contributed by atoms with Crippen molar-refractivity contribution in [3.8, 4) is 0 Å². The molecule has 2 fully saturated rings. The molecule has 3 rings (SSSR count). The van der Waals surface area contributed by atoms with E-state index in [2.05, 4.69) is 10.6 Å². The lowest BCUT2D eigenvalue weighted by atomic mass is 9.94. The fourth-order valence-corrected chi connectivity index (χ4v) is 4.21. The molecule has 10 N–H and O–H groups in total. The topological polar surface area (TPSA) is 238 Å². The van der Waals surface area contributed by atoms with E-state index in [-0.39, 0.29) is 0 Å². The van der Waals surface area contributed by atoms with Crippen LogP contribution in [0.3, 0.4) is 0 Å². The van der Waals surface area contributed by atoms with E-state index in [1.54, 1.807) is 0 Å². The normalized spacial score (nSPS) is 41.7. The lowest BCUT2D eigenvalue weighted by Gasteiger charge is -2.42. The van der Waals surface area contributed by atoms with Gasteiger partial charge in [0, 0.05) is 0 Å². The fourth-order valence-electron chi connectivity index (χ4n) is 3.74. The van der Waals surface area contributed by atoms with Crippen LogP contribution in [0.25, 0.3) is 0 Å². The first-order chi connectivity index (χ1) is 15.9. The second-order valence-corrected chi connectivity index (χ2v) is 8.59. The lowest BCUT2D eigenvalue weighted by Crippen LogP contribution is -2.64. The predicted octanol–water partition coefficient (Wildman–Crippen LogP) is -5.18. The number of ketones is 2. The number of allylic oxidation sites excluding steroid dienone is 2. The second kappa shape index (κ2) is 10.7. The van der Waals surface area contributed by atoms with Crippen LogP contribution in [-0.2, 0) is 19.1 Å². The summed E-state index contributed by atoms with van der Waals surface area (Å²) in [6.07, 6.45) is -13.1. The number of ether oxygens (including phenoxy) is 2. The van der Waals surface area contributed by atoms with Crippen LogP contribution in [0.4, 0.5) is 0 Å². The first-order valence-corrected chi connectivity index (χ1v) is 10.7. The standard InChI is InChI=1S/C18H24Cl2N2O12/c19-5-7(21-9-15(29)11(25)3(1-23)33-17(9)31)13(27)6(20)8(14(5)28)22-10-16(30)12(26)4(2-24)34-18(10)32/h3-4,9-12,15-18,21-26,29-32H,1-2H2/t3-,4-,9-,10+,11+,12+,15+,16-,17+,18-/m0/s1. The number of hydrogen-bond donors (Lipinski definition) is 10. The van der Waals surface area contributed by atoms with Gasteiger partial charge < -0.3 is 61.0 Å². The van der Waals surface area contributed by atoms with Gasteiger partial charge in [0.15, 0.2) is 12.6 Å². The van der Waals surface area contributed by atoms with Crippen LogP contribution in [0.2, 0.25) is 0 Å². The zero-order valence-electron chi connectivity index (χ0n) is 17.2. The zero-order valence-corrected chi connectivity index (χ0v) is 18.7. The summed E-state index contributed by atoms with van der Waals surface area (Å²) in [7, 11) is 0. The van der Waals surface area contributed by atoms with Gasteiger partial charge in [-0.05, 0) is 0 Å². The van der Waals surface area contributed by atoms with Gasteiger partial charge in [-0.3, -0.25) is 9.59 Å². The zero-order chi connectivity index (χ0) is 25.5. The van der Waals surface area contributed by atoms with Crippen LogP contribution in [0, 0.1) is 0 Å². The van der Waals surface area contributed by atoms with Gasteiger partial charge in [-0.2, -0.15) is 0 Å². The number of Topliss-reactive ketones (excluding diaryl/α,β-unsaturated/α-hetero) is 2. The van der Waals surface area contributed by atoms with Crippen LogP contribution in [-0.4, -0.2) is 127 Å². The van der Waals surface area contributed by atoms with Crippen molar-refractivity contribution in [1.82, 2.24) is 10.6 Å². The summed E-state index contributed by atoms with van der Waals surface area (Å²) < 4.78 is 9.94. The third-order valence-corrected chi connectivity index (χ3v) is 6.44. The Hall–Kier alpha value is -1.40. The highest BCUT2D eigenvalue weighted by molar-refractivity contribution is 6.55. The average molecular weight is 531 g/mol. The van der Waals surface area contributed by atoms with Gasteiger partial charge in [-0.25, -0.2) is 0 Å². The molecule has 0 spiro atoms. The van der Waals surface area contributed by atoms with E-state index in [4.69, 9.17) is 42.9 Å². The van der Waals surface area contributed by atoms with Crippen molar-refractivity contribution < 1.29 is 59.9 Å². The molecule has 0 unspecified atom stereocenters. The molecule has 0 aromatic carbocycles. The van der Waals surface area contributed by atoms with Gasteiger partial charge in [-0.1, -0.05) is 23.2 Å². The molecule has 0 radical (unpaired) electrons. The average Bonchev–Trinajstić information content (AvgIpc) is 2.81. The van der Waals surface area contributed by atoms with Crippen molar-refractivity contribution >= 4 is 34.8 Å². The first kappa shape index (κ1) is 27.2. The first-order valence-electron chi connectivity index (χ1n) is 9.97. The van der Waals surface area contributed by atoms with Gasteiger partial charge >= 0.3 is 0 Å². The van der Waals surface area contributed by atoms with Gasteiger partial charge in [0.25, 0.3) is 0 Å². The third kappa shape index (κ3) is 4.82. The monoisotopic (exact) mass is 530 g/mol. The molecule has 0 bridgehead atoms. The van der Waals surface area contributed by atoms with Crippen LogP contribution in [0.5, 0.6) is 0 Å². The third-order valence-electron chi connectivity index (χ3n) is 5.71. The summed E-state index contributed by atoms with van der Waals surface area (Å²) in [5, 5.41) is 82.1. The molecule has 0 aromatic rings. The minimum Gasteiger partial charge on any atom is -0.394 e. The summed E-state index contributed by atoms with van der Waals surface area (Å²) in [6.45, 7) is -1.44. The summed E-state index contributed by atoms with van der Waals surface area (Å²) >= 11 is 12.1. The number of aliphatic hydroxyl groups excluding tert-OH is 8. The minimum absolute atomic E-state index is 0.648. The Morgan fingerprint density at radius 1 is 0.647 bits per heavy atom. The Morgan fingerprint density at radius 3 is 1.26 bits per heavy atom. The number of carbonyl (C=O) groups is 2. The van der Waals surface area contributed by atoms with Crippen LogP contribution in [0.15, 0.2) is 21.5 Å². The molecule has 16 heteroatoms. The molecule has 0 saturated carbocycles. The molecule has 3 aliphatic rings. The van der Waals surface area contributed by atoms with Crippen molar-refractivity contribution in [1.29, 1.82) is 0 Å². The smallest absolute Gasteiger partial charge is 0.224 e. The van der Waals surface area contributed by atoms with Crippen molar-refractivity contribution in [2.45, 2.75) is 61.3 Å². The van der Waals surface area contributed by atoms with Crippen LogP contribution < -0.4 is 10.6 Å². The molecule has 2 aliphatic heterocycles. The molecule has 192 valence electrons. The number of hydrogen-bond acceptors (Lipinski definition) is 14. The molecular formula is C18H24Cl2N2O12. The molecule has 14 nitrogen and oxygen atoms in total. The van der Waals surface area contributed by atoms with E-state index >= 15 is 0 Å². The lowest BCUT2D eigenvalue weighted by molar-refractivity contribution is -0.253. The number of rotatable bonds is 6. The van der Waals surface area contributed by atoms with Crippen molar-refractivity contribution in [2.24, 2.45) is 0 Å². The molecule has 2 heterocycles. The van der Waals surface area contributed by atoms with E-state index in [0.717, 1.165) is 0 Å². The Morgan fingerprint density at radius 2 is 0.971 bits per heavy atom. The van der Waals surface area contributed by atoms with Crippen molar-refractivity contribution in [2.75, 3.05) is 13.2 Å². The van der Waals surface area contributed by atoms with Gasteiger partial charge in [0.2, 0.25) is 11.6 Å². The number of nitrogens with one attached hydrogen (secondary N) is 2. The number of aliphatic hydroxyl groups is 8. The molecule has 34 heavy (non-hydrogen) atoms. The Kier molecular flexibility index (Phi) is 8.55. The van der Waals surface area contributed by atoms with Crippen molar-refractivity contribution in [3.63, 3.8) is 0 Å². The molecule has 1 aliphatic carbocycles. The van der Waals surface area contributed by atoms with E-state index in [0.29, 0.717) is 0 Å².